The number of rotatable bonds is 20. The van der Waals surface area contributed by atoms with E-state index in [0.717, 1.165) is 121 Å². The highest BCUT2D eigenvalue weighted by molar-refractivity contribution is 8.76. The Labute approximate surface area is 425 Å². The Morgan fingerprint density at radius 2 is 1.07 bits per heavy atom. The van der Waals surface area contributed by atoms with Crippen LogP contribution in [0.1, 0.15) is 223 Å². The average molecular weight is 977 g/mol. The van der Waals surface area contributed by atoms with Crippen LogP contribution in [0.2, 0.25) is 0 Å². The van der Waals surface area contributed by atoms with E-state index in [2.05, 4.69) is 86.7 Å². The van der Waals surface area contributed by atoms with Gasteiger partial charge >= 0.3 is 12.1 Å². The molecule has 0 saturated heterocycles. The molecule has 0 aliphatic heterocycles. The number of amides is 1. The fourth-order valence-electron chi connectivity index (χ4n) is 18.5. The lowest BCUT2D eigenvalue weighted by Gasteiger charge is -2.58. The molecule has 0 radical (unpaired) electrons. The van der Waals surface area contributed by atoms with Gasteiger partial charge in [-0.3, -0.25) is 4.79 Å². The van der Waals surface area contributed by atoms with Crippen molar-refractivity contribution in [3.63, 3.8) is 0 Å². The Bertz CT molecular complexity index is 1650. The molecule has 6 fully saturated rings. The van der Waals surface area contributed by atoms with Crippen LogP contribution < -0.4 is 5.32 Å². The van der Waals surface area contributed by atoms with Gasteiger partial charge in [-0.05, 0) is 189 Å². The zero-order valence-corrected chi connectivity index (χ0v) is 46.9. The van der Waals surface area contributed by atoms with Gasteiger partial charge in [-0.1, -0.05) is 153 Å². The molecule has 68 heavy (non-hydrogen) atoms. The quantitative estimate of drug-likeness (QED) is 0.0568. The molecule has 16 atom stereocenters. The molecule has 7 heteroatoms. The van der Waals surface area contributed by atoms with Crippen LogP contribution in [0.5, 0.6) is 0 Å². The SMILES string of the molecule is CC(C)CCC[C@@H](C)[C@H]1CCC2C3CC=C4CC(OC(=O)CCCSSCCNC(=O)OC5CCC6(C)C(=CCC7C6CCC6(C)C7CC[C@@H]6[C@H](C)CCCC(C)C)C5)CCC4(C)C3CCC21C. The maximum atomic E-state index is 13.1. The molecule has 0 spiro atoms. The first-order chi connectivity index (χ1) is 32.5. The summed E-state index contributed by atoms with van der Waals surface area (Å²) >= 11 is 0. The molecule has 8 aliphatic carbocycles. The van der Waals surface area contributed by atoms with Crippen molar-refractivity contribution in [2.75, 3.05) is 18.1 Å². The molecular formula is C61H101NO4S2. The Morgan fingerprint density at radius 3 is 1.57 bits per heavy atom. The fourth-order valence-corrected chi connectivity index (χ4v) is 20.5. The molecule has 0 aromatic carbocycles. The highest BCUT2D eigenvalue weighted by Crippen LogP contribution is 2.69. The topological polar surface area (TPSA) is 64.6 Å². The van der Waals surface area contributed by atoms with Gasteiger partial charge in [0.1, 0.15) is 12.2 Å². The number of carbonyl (C=O) groups is 2. The third kappa shape index (κ3) is 11.2. The zero-order valence-electron chi connectivity index (χ0n) is 45.3. The van der Waals surface area contributed by atoms with Gasteiger partial charge in [0.2, 0.25) is 0 Å². The van der Waals surface area contributed by atoms with Crippen LogP contribution in [0.15, 0.2) is 23.3 Å². The Balaban J connectivity index is 0.689. The summed E-state index contributed by atoms with van der Waals surface area (Å²) < 4.78 is 12.2. The number of fused-ring (bicyclic) bond motifs is 10. The third-order valence-corrected chi connectivity index (χ3v) is 24.7. The number of hydrogen-bond donors (Lipinski definition) is 1. The van der Waals surface area contributed by atoms with E-state index in [1.165, 1.54) is 109 Å². The molecule has 1 amide bonds. The molecule has 0 bridgehead atoms. The second-order valence-electron chi connectivity index (χ2n) is 26.9. The second kappa shape index (κ2) is 22.6. The molecule has 1 N–H and O–H groups in total. The van der Waals surface area contributed by atoms with Gasteiger partial charge < -0.3 is 14.8 Å². The smallest absolute Gasteiger partial charge is 0.407 e. The summed E-state index contributed by atoms with van der Waals surface area (Å²) in [7, 11) is 3.57. The van der Waals surface area contributed by atoms with Crippen LogP contribution in [0, 0.1) is 92.7 Å². The van der Waals surface area contributed by atoms with Gasteiger partial charge in [0.05, 0.1) is 0 Å². The van der Waals surface area contributed by atoms with Crippen LogP contribution in [0.3, 0.4) is 0 Å². The van der Waals surface area contributed by atoms with Crippen molar-refractivity contribution in [1.29, 1.82) is 0 Å². The molecule has 0 aromatic rings. The molecule has 386 valence electrons. The van der Waals surface area contributed by atoms with Crippen molar-refractivity contribution in [3.8, 4) is 0 Å². The highest BCUT2D eigenvalue weighted by atomic mass is 33.1. The lowest BCUT2D eigenvalue weighted by atomic mass is 9.47. The van der Waals surface area contributed by atoms with Crippen molar-refractivity contribution in [3.05, 3.63) is 23.3 Å². The summed E-state index contributed by atoms with van der Waals surface area (Å²) in [5.41, 5.74) is 4.78. The predicted octanol–water partition coefficient (Wildman–Crippen LogP) is 17.2. The van der Waals surface area contributed by atoms with Crippen molar-refractivity contribution in [2.45, 2.75) is 236 Å². The number of nitrogens with one attached hydrogen (secondary N) is 1. The molecule has 5 nitrogen and oxygen atoms in total. The van der Waals surface area contributed by atoms with E-state index in [1.54, 1.807) is 32.7 Å². The van der Waals surface area contributed by atoms with Gasteiger partial charge in [0.25, 0.3) is 0 Å². The normalized spacial score (nSPS) is 40.4. The van der Waals surface area contributed by atoms with E-state index in [1.807, 2.05) is 0 Å². The maximum absolute atomic E-state index is 13.1. The molecule has 0 heterocycles. The number of ether oxygens (including phenoxy) is 2. The number of esters is 1. The Kier molecular flexibility index (Phi) is 17.7. The van der Waals surface area contributed by atoms with E-state index in [0.29, 0.717) is 23.8 Å². The lowest BCUT2D eigenvalue weighted by Crippen LogP contribution is -2.51. The second-order valence-corrected chi connectivity index (χ2v) is 29.6. The molecule has 12 unspecified atom stereocenters. The van der Waals surface area contributed by atoms with Crippen LogP contribution in [-0.4, -0.2) is 42.3 Å². The fraction of sp³-hybridized carbons (Fsp3) is 0.902. The van der Waals surface area contributed by atoms with Crippen molar-refractivity contribution in [1.82, 2.24) is 5.32 Å². The predicted molar refractivity (Wildman–Crippen MR) is 288 cm³/mol. The summed E-state index contributed by atoms with van der Waals surface area (Å²) in [5.74, 6) is 11.9. The minimum Gasteiger partial charge on any atom is -0.462 e. The lowest BCUT2D eigenvalue weighted by molar-refractivity contribution is -0.151. The van der Waals surface area contributed by atoms with Crippen LogP contribution in [-0.2, 0) is 14.3 Å². The average Bonchev–Trinajstić information content (AvgIpc) is 3.84. The van der Waals surface area contributed by atoms with Crippen molar-refractivity contribution < 1.29 is 19.1 Å². The van der Waals surface area contributed by atoms with E-state index < -0.39 is 0 Å². The molecule has 0 aromatic heterocycles. The van der Waals surface area contributed by atoms with Gasteiger partial charge in [0, 0.05) is 37.3 Å². The molecule has 8 rings (SSSR count). The Morgan fingerprint density at radius 1 is 0.588 bits per heavy atom. The summed E-state index contributed by atoms with van der Waals surface area (Å²) in [6.45, 7) is 25.8. The summed E-state index contributed by atoms with van der Waals surface area (Å²) in [6, 6.07) is 0. The first kappa shape index (κ1) is 53.2. The standard InChI is InChI=1S/C61H101NO4S2/c1-40(2)14-11-16-42(5)50-23-25-52-48-21-19-44-38-46(27-31-58(44,7)54(48)29-33-60(50,52)9)65-56(63)18-13-36-67-68-37-35-62-57(64)66-47-28-32-59(8)45(39-47)20-22-49-53-26-24-51(43(6)17-12-15-41(3)4)61(53,10)34-30-55(49)59/h19-20,40-43,46-55H,11-18,21-39H2,1-10H3,(H,62,64)/t42-,43-,46?,47?,48?,49?,50-,51-,52?,53?,54?,55?,58?,59?,60?,61?/m1/s1. The summed E-state index contributed by atoms with van der Waals surface area (Å²) in [4.78, 5) is 26.0. The molecule has 8 aliphatic rings. The first-order valence-corrected chi connectivity index (χ1v) is 31.7. The van der Waals surface area contributed by atoms with Crippen LogP contribution in [0.25, 0.3) is 0 Å². The van der Waals surface area contributed by atoms with E-state index in [-0.39, 0.29) is 35.1 Å². The minimum absolute atomic E-state index is 0.0133. The van der Waals surface area contributed by atoms with Crippen LogP contribution >= 0.6 is 21.6 Å². The van der Waals surface area contributed by atoms with Crippen LogP contribution in [0.4, 0.5) is 4.79 Å². The highest BCUT2D eigenvalue weighted by Gasteiger charge is 2.61. The molecular weight excluding hydrogens is 875 g/mol. The minimum atomic E-state index is -0.261. The zero-order chi connectivity index (χ0) is 48.4. The summed E-state index contributed by atoms with van der Waals surface area (Å²) in [5, 5.41) is 3.04. The maximum Gasteiger partial charge on any atom is 0.407 e. The van der Waals surface area contributed by atoms with Crippen molar-refractivity contribution >= 4 is 33.7 Å². The largest absolute Gasteiger partial charge is 0.462 e. The Hall–Kier alpha value is -1.08. The van der Waals surface area contributed by atoms with Gasteiger partial charge in [-0.25, -0.2) is 4.79 Å². The van der Waals surface area contributed by atoms with Gasteiger partial charge in [-0.2, -0.15) is 0 Å². The molecule has 6 saturated carbocycles. The van der Waals surface area contributed by atoms with Gasteiger partial charge in [0.15, 0.2) is 0 Å². The number of allylic oxidation sites excluding steroid dienone is 2. The first-order valence-electron chi connectivity index (χ1n) is 29.2. The summed E-state index contributed by atoms with van der Waals surface area (Å²) in [6.07, 6.45) is 34.7. The van der Waals surface area contributed by atoms with Gasteiger partial charge in [-0.15, -0.1) is 0 Å². The van der Waals surface area contributed by atoms with Crippen molar-refractivity contribution in [2.24, 2.45) is 92.7 Å². The van der Waals surface area contributed by atoms with E-state index in [4.69, 9.17) is 9.47 Å². The third-order valence-electron chi connectivity index (χ3n) is 22.2. The monoisotopic (exact) mass is 976 g/mol. The van der Waals surface area contributed by atoms with E-state index in [9.17, 15) is 9.59 Å². The number of carbonyl (C=O) groups excluding carboxylic acids is 2. The number of hydrogen-bond acceptors (Lipinski definition) is 6. The van der Waals surface area contributed by atoms with E-state index >= 15 is 0 Å². The number of alkyl carbamates (subject to hydrolysis) is 1.